The molecule has 3 aromatic heterocycles. The topological polar surface area (TPSA) is 51.8 Å². The van der Waals surface area contributed by atoms with Crippen molar-refractivity contribution < 1.29 is 11.3 Å². The summed E-state index contributed by atoms with van der Waals surface area (Å²) < 4.78 is 51.3. The molecule has 0 aliphatic heterocycles. The lowest BCUT2D eigenvalue weighted by molar-refractivity contribution is 0.669. The lowest BCUT2D eigenvalue weighted by atomic mass is 9.95. The molecule has 0 saturated carbocycles. The van der Waals surface area contributed by atoms with Gasteiger partial charge >= 0.3 is 0 Å². The number of furan rings is 1. The fourth-order valence-electron chi connectivity index (χ4n) is 6.66. The second-order valence-corrected chi connectivity index (χ2v) is 13.1. The zero-order valence-corrected chi connectivity index (χ0v) is 27.2. The fraction of sp³-hybridized carbons (Fsp3) is 0. The Morgan fingerprint density at radius 1 is 0.440 bits per heavy atom. The van der Waals surface area contributed by atoms with Crippen LogP contribution in [-0.4, -0.2) is 15.0 Å². The number of fused-ring (bicyclic) bond motifs is 6. The van der Waals surface area contributed by atoms with Crippen molar-refractivity contribution in [3.63, 3.8) is 0 Å². The zero-order chi connectivity index (χ0) is 37.4. The van der Waals surface area contributed by atoms with Gasteiger partial charge in [-0.05, 0) is 64.7 Å². The van der Waals surface area contributed by atoms with Gasteiger partial charge < -0.3 is 4.42 Å². The van der Waals surface area contributed by atoms with Crippen LogP contribution in [0.1, 0.15) is 6.85 Å². The van der Waals surface area contributed by atoms with Crippen molar-refractivity contribution in [2.24, 2.45) is 0 Å². The third-order valence-electron chi connectivity index (χ3n) is 9.01. The van der Waals surface area contributed by atoms with Crippen LogP contribution < -0.4 is 0 Å². The summed E-state index contributed by atoms with van der Waals surface area (Å²) >= 11 is 1.75. The number of benzene rings is 7. The summed E-state index contributed by atoms with van der Waals surface area (Å²) in [6.45, 7) is 0. The first kappa shape index (κ1) is 23.8. The second kappa shape index (κ2) is 11.6. The molecule has 10 rings (SSSR count). The third kappa shape index (κ3) is 4.87. The average molecular weight is 663 g/mol. The first-order valence-corrected chi connectivity index (χ1v) is 17.0. The van der Waals surface area contributed by atoms with Crippen LogP contribution in [0.4, 0.5) is 0 Å². The average Bonchev–Trinajstić information content (AvgIpc) is 3.80. The molecule has 5 heteroatoms. The minimum atomic E-state index is -0.487. The molecule has 10 aromatic rings. The van der Waals surface area contributed by atoms with Gasteiger partial charge in [0.1, 0.15) is 11.2 Å². The molecule has 0 aliphatic rings. The van der Waals surface area contributed by atoms with Gasteiger partial charge in [-0.15, -0.1) is 11.3 Å². The van der Waals surface area contributed by atoms with E-state index in [0.29, 0.717) is 22.5 Å². The number of rotatable bonds is 5. The molecule has 0 radical (unpaired) electrons. The Balaban J connectivity index is 1.24. The van der Waals surface area contributed by atoms with Crippen molar-refractivity contribution in [2.45, 2.75) is 0 Å². The molecule has 0 fully saturated rings. The molecule has 0 bridgehead atoms. The first-order valence-electron chi connectivity index (χ1n) is 18.7. The van der Waals surface area contributed by atoms with Gasteiger partial charge in [0.05, 0.1) is 6.85 Å². The maximum absolute atomic E-state index is 8.82. The Morgan fingerprint density at radius 2 is 1.10 bits per heavy atom. The molecular weight excluding hydrogens is 631 g/mol. The van der Waals surface area contributed by atoms with Crippen LogP contribution in [0.5, 0.6) is 0 Å². The standard InChI is InChI=1S/C45H27N3OS/c1-3-12-28(13-4-1)31-24-32(34-18-11-19-38-37-17-8-10-21-41(37)50-42(34)38)26-33(25-31)45-47-43(29-14-5-2-6-15-29)46-44(48-45)30-22-23-36-35-16-7-9-20-39(35)49-40(36)27-30/h1-27H/i2D,5D,6D,14D,15D. The van der Waals surface area contributed by atoms with E-state index in [2.05, 4.69) is 66.7 Å². The van der Waals surface area contributed by atoms with Crippen molar-refractivity contribution >= 4 is 53.4 Å². The molecule has 0 saturated heterocycles. The van der Waals surface area contributed by atoms with Gasteiger partial charge in [0.25, 0.3) is 0 Å². The largest absolute Gasteiger partial charge is 0.456 e. The number of para-hydroxylation sites is 1. The molecule has 4 nitrogen and oxygen atoms in total. The van der Waals surface area contributed by atoms with Crippen molar-refractivity contribution in [1.82, 2.24) is 15.0 Å². The number of hydrogen-bond donors (Lipinski definition) is 0. The smallest absolute Gasteiger partial charge is 0.164 e. The highest BCUT2D eigenvalue weighted by atomic mass is 32.1. The van der Waals surface area contributed by atoms with E-state index in [4.69, 9.17) is 26.2 Å². The maximum atomic E-state index is 8.82. The van der Waals surface area contributed by atoms with Crippen LogP contribution in [0.2, 0.25) is 0 Å². The van der Waals surface area contributed by atoms with Gasteiger partial charge in [-0.2, -0.15) is 0 Å². The van der Waals surface area contributed by atoms with E-state index >= 15 is 0 Å². The number of hydrogen-bond acceptors (Lipinski definition) is 5. The Morgan fingerprint density at radius 3 is 1.96 bits per heavy atom. The predicted octanol–water partition coefficient (Wildman–Crippen LogP) is 12.5. The first-order chi connectivity index (χ1) is 26.8. The minimum Gasteiger partial charge on any atom is -0.456 e. The molecule has 234 valence electrons. The van der Waals surface area contributed by atoms with E-state index in [1.807, 2.05) is 66.7 Å². The lowest BCUT2D eigenvalue weighted by Gasteiger charge is -2.13. The summed E-state index contributed by atoms with van der Waals surface area (Å²) in [5.41, 5.74) is 6.58. The van der Waals surface area contributed by atoms with Crippen LogP contribution >= 0.6 is 11.3 Å². The molecule has 0 N–H and O–H groups in total. The zero-order valence-electron chi connectivity index (χ0n) is 31.4. The summed E-state index contributed by atoms with van der Waals surface area (Å²) in [4.78, 5) is 14.7. The normalized spacial score (nSPS) is 13.0. The van der Waals surface area contributed by atoms with Gasteiger partial charge in [0.15, 0.2) is 17.5 Å². The Hall–Kier alpha value is -6.43. The van der Waals surface area contributed by atoms with E-state index < -0.39 is 30.2 Å². The van der Waals surface area contributed by atoms with Crippen LogP contribution in [0.3, 0.4) is 0 Å². The van der Waals surface area contributed by atoms with Gasteiger partial charge in [-0.3, -0.25) is 0 Å². The third-order valence-corrected chi connectivity index (χ3v) is 10.2. The molecule has 50 heavy (non-hydrogen) atoms. The number of aromatic nitrogens is 3. The van der Waals surface area contributed by atoms with Crippen LogP contribution in [0.15, 0.2) is 168 Å². The van der Waals surface area contributed by atoms with E-state index in [-0.39, 0.29) is 17.2 Å². The highest BCUT2D eigenvalue weighted by Gasteiger charge is 2.18. The second-order valence-electron chi connectivity index (χ2n) is 12.1. The minimum absolute atomic E-state index is 0.0278. The van der Waals surface area contributed by atoms with E-state index in [9.17, 15) is 0 Å². The van der Waals surface area contributed by atoms with Gasteiger partial charge in [-0.25, -0.2) is 15.0 Å². The molecule has 0 unspecified atom stereocenters. The van der Waals surface area contributed by atoms with Gasteiger partial charge in [-0.1, -0.05) is 121 Å². The van der Waals surface area contributed by atoms with E-state index in [1.165, 1.54) is 15.5 Å². The molecule has 3 heterocycles. The molecular formula is C45H27N3OS. The van der Waals surface area contributed by atoms with Crippen molar-refractivity contribution in [2.75, 3.05) is 0 Å². The summed E-state index contributed by atoms with van der Waals surface area (Å²) in [7, 11) is 0. The summed E-state index contributed by atoms with van der Waals surface area (Å²) in [5, 5.41) is 4.31. The molecule has 0 spiro atoms. The monoisotopic (exact) mass is 662 g/mol. The molecule has 0 atom stereocenters. The number of thiophene rings is 1. The van der Waals surface area contributed by atoms with E-state index in [1.54, 1.807) is 11.3 Å². The molecule has 7 aromatic carbocycles. The van der Waals surface area contributed by atoms with Crippen LogP contribution in [0.25, 0.3) is 98.5 Å². The van der Waals surface area contributed by atoms with Crippen molar-refractivity contribution in [1.29, 1.82) is 0 Å². The summed E-state index contributed by atoms with van der Waals surface area (Å²) in [6.07, 6.45) is 0. The van der Waals surface area contributed by atoms with Crippen LogP contribution in [0, 0.1) is 0 Å². The maximum Gasteiger partial charge on any atom is 0.164 e. The summed E-state index contributed by atoms with van der Waals surface area (Å²) in [5.74, 6) is 0.534. The highest BCUT2D eigenvalue weighted by Crippen LogP contribution is 2.42. The Labute approximate surface area is 299 Å². The Bertz CT molecular complexity index is 3150. The molecule has 0 amide bonds. The van der Waals surface area contributed by atoms with Crippen LogP contribution in [-0.2, 0) is 0 Å². The Kier molecular flexibility index (Phi) is 5.54. The van der Waals surface area contributed by atoms with E-state index in [0.717, 1.165) is 43.3 Å². The van der Waals surface area contributed by atoms with Gasteiger partial charge in [0.2, 0.25) is 0 Å². The predicted molar refractivity (Wildman–Crippen MR) is 207 cm³/mol. The lowest BCUT2D eigenvalue weighted by Crippen LogP contribution is -2.00. The summed E-state index contributed by atoms with van der Waals surface area (Å²) in [6, 6.07) is 42.5. The number of nitrogens with zero attached hydrogens (tertiary/aromatic N) is 3. The SMILES string of the molecule is [2H]c1c([2H])c([2H])c(-c2nc(-c3cc(-c4ccccc4)cc(-c4cccc5c4sc4ccccc45)c3)nc(-c3ccc4c(c3)oc3ccccc34)n2)c([2H])c1[2H]. The molecule has 0 aliphatic carbocycles. The van der Waals surface area contributed by atoms with Crippen molar-refractivity contribution in [3.8, 4) is 56.4 Å². The van der Waals surface area contributed by atoms with Crippen molar-refractivity contribution in [3.05, 3.63) is 164 Å². The van der Waals surface area contributed by atoms with Gasteiger partial charge in [0, 0.05) is 47.6 Å². The quantitative estimate of drug-likeness (QED) is 0.184. The highest BCUT2D eigenvalue weighted by molar-refractivity contribution is 7.26. The fourth-order valence-corrected chi connectivity index (χ4v) is 7.89.